The molecule has 84 valence electrons. The number of nitrogens with one attached hydrogen (secondary N) is 2. The summed E-state index contributed by atoms with van der Waals surface area (Å²) in [7, 11) is 0. The number of nitrogens with zero attached hydrogens (tertiary/aromatic N) is 4. The molecule has 0 spiro atoms. The summed E-state index contributed by atoms with van der Waals surface area (Å²) in [6, 6.07) is 0. The lowest BCUT2D eigenvalue weighted by molar-refractivity contribution is 0.724. The average molecular weight is 218 g/mol. The number of aromatic nitrogens is 4. The quantitative estimate of drug-likeness (QED) is 0.713. The van der Waals surface area contributed by atoms with Crippen molar-refractivity contribution < 1.29 is 0 Å². The molecular formula is C10H14N6. The summed E-state index contributed by atoms with van der Waals surface area (Å²) >= 11 is 0. The number of hydrogen-bond acceptors (Lipinski definition) is 5. The highest BCUT2D eigenvalue weighted by Crippen LogP contribution is 2.19. The van der Waals surface area contributed by atoms with E-state index in [4.69, 9.17) is 0 Å². The van der Waals surface area contributed by atoms with Gasteiger partial charge < -0.3 is 15.2 Å². The molecule has 2 aromatic rings. The van der Waals surface area contributed by atoms with Gasteiger partial charge in [-0.3, -0.25) is 0 Å². The van der Waals surface area contributed by atoms with Gasteiger partial charge in [-0.2, -0.15) is 0 Å². The fourth-order valence-electron chi connectivity index (χ4n) is 2.05. The van der Waals surface area contributed by atoms with Crippen LogP contribution in [-0.2, 0) is 0 Å². The Morgan fingerprint density at radius 1 is 1.12 bits per heavy atom. The highest BCUT2D eigenvalue weighted by atomic mass is 15.2. The van der Waals surface area contributed by atoms with Gasteiger partial charge in [-0.15, -0.1) is 0 Å². The molecule has 1 saturated heterocycles. The lowest BCUT2D eigenvalue weighted by Gasteiger charge is -2.20. The third-order valence-corrected chi connectivity index (χ3v) is 2.84. The molecule has 0 radical (unpaired) electrons. The van der Waals surface area contributed by atoms with Crippen molar-refractivity contribution in [3.05, 3.63) is 12.7 Å². The first-order valence-corrected chi connectivity index (χ1v) is 5.55. The maximum absolute atomic E-state index is 4.36. The van der Waals surface area contributed by atoms with Gasteiger partial charge in [-0.05, 0) is 13.0 Å². The molecule has 0 atom stereocenters. The van der Waals surface area contributed by atoms with Gasteiger partial charge in [0.1, 0.15) is 11.8 Å². The number of H-pyrrole nitrogens is 1. The minimum Gasteiger partial charge on any atom is -0.353 e. The Morgan fingerprint density at radius 2 is 2.12 bits per heavy atom. The highest BCUT2D eigenvalue weighted by molar-refractivity contribution is 5.82. The lowest BCUT2D eigenvalue weighted by Crippen LogP contribution is -2.28. The summed E-state index contributed by atoms with van der Waals surface area (Å²) in [5.41, 5.74) is 1.67. The second-order valence-corrected chi connectivity index (χ2v) is 3.89. The molecule has 0 unspecified atom stereocenters. The Kier molecular flexibility index (Phi) is 2.41. The van der Waals surface area contributed by atoms with Crippen molar-refractivity contribution in [2.24, 2.45) is 0 Å². The van der Waals surface area contributed by atoms with Crippen LogP contribution >= 0.6 is 0 Å². The van der Waals surface area contributed by atoms with Gasteiger partial charge in [-0.1, -0.05) is 0 Å². The highest BCUT2D eigenvalue weighted by Gasteiger charge is 2.14. The third-order valence-electron chi connectivity index (χ3n) is 2.84. The zero-order valence-electron chi connectivity index (χ0n) is 8.98. The zero-order valence-corrected chi connectivity index (χ0v) is 8.98. The monoisotopic (exact) mass is 218 g/mol. The van der Waals surface area contributed by atoms with E-state index in [0.29, 0.717) is 0 Å². The van der Waals surface area contributed by atoms with E-state index in [1.165, 1.54) is 0 Å². The zero-order chi connectivity index (χ0) is 10.8. The van der Waals surface area contributed by atoms with Crippen LogP contribution in [0.4, 0.5) is 5.82 Å². The van der Waals surface area contributed by atoms with E-state index in [9.17, 15) is 0 Å². The van der Waals surface area contributed by atoms with Gasteiger partial charge in [0, 0.05) is 19.6 Å². The number of aromatic amines is 1. The van der Waals surface area contributed by atoms with Crippen LogP contribution in [-0.4, -0.2) is 46.1 Å². The maximum atomic E-state index is 4.36. The van der Waals surface area contributed by atoms with Crippen LogP contribution in [0.2, 0.25) is 0 Å². The Labute approximate surface area is 93.1 Å². The molecule has 3 heterocycles. The molecule has 0 amide bonds. The van der Waals surface area contributed by atoms with E-state index in [1.54, 1.807) is 12.7 Å². The van der Waals surface area contributed by atoms with E-state index >= 15 is 0 Å². The van der Waals surface area contributed by atoms with Gasteiger partial charge >= 0.3 is 0 Å². The van der Waals surface area contributed by atoms with Crippen molar-refractivity contribution in [2.45, 2.75) is 6.42 Å². The molecule has 16 heavy (non-hydrogen) atoms. The Hall–Kier alpha value is -1.69. The fourth-order valence-corrected chi connectivity index (χ4v) is 2.05. The molecular weight excluding hydrogens is 204 g/mol. The molecule has 6 heteroatoms. The molecule has 2 N–H and O–H groups in total. The first kappa shape index (κ1) is 9.53. The second-order valence-electron chi connectivity index (χ2n) is 3.89. The van der Waals surface area contributed by atoms with Crippen molar-refractivity contribution >= 4 is 17.0 Å². The Morgan fingerprint density at radius 3 is 3.12 bits per heavy atom. The third kappa shape index (κ3) is 1.61. The smallest absolute Gasteiger partial charge is 0.182 e. The van der Waals surface area contributed by atoms with E-state index in [2.05, 4.69) is 30.2 Å². The Balaban J connectivity index is 2.00. The van der Waals surface area contributed by atoms with Crippen LogP contribution in [0.25, 0.3) is 11.2 Å². The van der Waals surface area contributed by atoms with Crippen LogP contribution in [0.1, 0.15) is 6.42 Å². The maximum Gasteiger partial charge on any atom is 0.182 e. The summed E-state index contributed by atoms with van der Waals surface area (Å²) < 4.78 is 0. The van der Waals surface area contributed by atoms with Gasteiger partial charge in [0.05, 0.1) is 6.33 Å². The fraction of sp³-hybridized carbons (Fsp3) is 0.500. The minimum absolute atomic E-state index is 0.738. The number of fused-ring (bicyclic) bond motifs is 1. The normalized spacial score (nSPS) is 17.6. The number of rotatable bonds is 1. The van der Waals surface area contributed by atoms with Crippen molar-refractivity contribution in [1.29, 1.82) is 0 Å². The van der Waals surface area contributed by atoms with Gasteiger partial charge in [-0.25, -0.2) is 15.0 Å². The molecule has 3 rings (SSSR count). The molecule has 0 aromatic carbocycles. The molecule has 1 aliphatic rings. The standard InChI is InChI=1S/C10H14N6/c1-2-11-3-5-16(4-1)10-8-9(13-6-12-8)14-7-15-10/h6-7,11H,1-5H2,(H,12,13,14,15). The summed E-state index contributed by atoms with van der Waals surface area (Å²) in [5, 5.41) is 3.38. The van der Waals surface area contributed by atoms with Crippen LogP contribution < -0.4 is 10.2 Å². The van der Waals surface area contributed by atoms with E-state index in [-0.39, 0.29) is 0 Å². The first-order chi connectivity index (χ1) is 7.95. The molecule has 1 aliphatic heterocycles. The molecule has 1 fully saturated rings. The molecule has 0 saturated carbocycles. The molecule has 0 aliphatic carbocycles. The number of anilines is 1. The summed E-state index contributed by atoms with van der Waals surface area (Å²) in [6.45, 7) is 4.08. The van der Waals surface area contributed by atoms with Crippen molar-refractivity contribution in [3.8, 4) is 0 Å². The predicted molar refractivity (Wildman–Crippen MR) is 61.4 cm³/mol. The minimum atomic E-state index is 0.738. The molecule has 6 nitrogen and oxygen atoms in total. The largest absolute Gasteiger partial charge is 0.353 e. The number of hydrogen-bond donors (Lipinski definition) is 2. The lowest BCUT2D eigenvalue weighted by atomic mass is 10.3. The summed E-state index contributed by atoms with van der Waals surface area (Å²) in [6.07, 6.45) is 4.38. The van der Waals surface area contributed by atoms with Crippen LogP contribution in [0.15, 0.2) is 12.7 Å². The van der Waals surface area contributed by atoms with E-state index < -0.39 is 0 Å². The topological polar surface area (TPSA) is 69.7 Å². The van der Waals surface area contributed by atoms with Gasteiger partial charge in [0.2, 0.25) is 0 Å². The SMILES string of the molecule is c1nc(N2CCCNCC2)c2[nH]cnc2n1. The number of imidazole rings is 1. The first-order valence-electron chi connectivity index (χ1n) is 5.55. The van der Waals surface area contributed by atoms with E-state index in [0.717, 1.165) is 49.6 Å². The predicted octanol–water partition coefficient (Wildman–Crippen LogP) is 0.153. The summed E-state index contributed by atoms with van der Waals surface area (Å²) in [5.74, 6) is 0.964. The summed E-state index contributed by atoms with van der Waals surface area (Å²) in [4.78, 5) is 18.0. The Bertz CT molecular complexity index is 471. The molecule has 0 bridgehead atoms. The van der Waals surface area contributed by atoms with Crippen LogP contribution in [0, 0.1) is 0 Å². The average Bonchev–Trinajstić information content (AvgIpc) is 2.63. The van der Waals surface area contributed by atoms with Gasteiger partial charge in [0.15, 0.2) is 11.5 Å². The van der Waals surface area contributed by atoms with Crippen LogP contribution in [0.3, 0.4) is 0 Å². The van der Waals surface area contributed by atoms with Crippen molar-refractivity contribution in [1.82, 2.24) is 25.3 Å². The van der Waals surface area contributed by atoms with E-state index in [1.807, 2.05) is 0 Å². The van der Waals surface area contributed by atoms with Crippen molar-refractivity contribution in [3.63, 3.8) is 0 Å². The van der Waals surface area contributed by atoms with Crippen molar-refractivity contribution in [2.75, 3.05) is 31.1 Å². The van der Waals surface area contributed by atoms with Crippen LogP contribution in [0.5, 0.6) is 0 Å². The molecule has 2 aromatic heterocycles. The second kappa shape index (κ2) is 4.05. The van der Waals surface area contributed by atoms with Gasteiger partial charge in [0.25, 0.3) is 0 Å².